The molecule has 260 valence electrons. The van der Waals surface area contributed by atoms with Crippen molar-refractivity contribution in [3.63, 3.8) is 0 Å². The van der Waals surface area contributed by atoms with E-state index >= 15 is 0 Å². The molecule has 2 heterocycles. The van der Waals surface area contributed by atoms with Gasteiger partial charge < -0.3 is 19.4 Å². The zero-order valence-corrected chi connectivity index (χ0v) is 32.4. The normalized spacial score (nSPS) is 23.7. The van der Waals surface area contributed by atoms with Crippen molar-refractivity contribution in [1.29, 1.82) is 0 Å². The maximum atomic E-state index is 13.3. The van der Waals surface area contributed by atoms with Gasteiger partial charge >= 0.3 is 5.97 Å². The third kappa shape index (κ3) is 8.19. The highest BCUT2D eigenvalue weighted by Gasteiger charge is 2.58. The van der Waals surface area contributed by atoms with Gasteiger partial charge in [0.1, 0.15) is 28.5 Å². The van der Waals surface area contributed by atoms with E-state index in [0.717, 1.165) is 55.2 Å². The Labute approximate surface area is 291 Å². The monoisotopic (exact) mass is 701 g/mol. The molecule has 0 saturated carbocycles. The van der Waals surface area contributed by atoms with Crippen molar-refractivity contribution in [3.8, 4) is 11.5 Å². The zero-order valence-electron chi connectivity index (χ0n) is 29.8. The average Bonchev–Trinajstić information content (AvgIpc) is 3.28. The molecule has 0 aromatic heterocycles. The molecule has 0 unspecified atom stereocenters. The summed E-state index contributed by atoms with van der Waals surface area (Å²) in [6.07, 6.45) is 8.10. The zero-order chi connectivity index (χ0) is 34.8. The maximum Gasteiger partial charge on any atom is 0.353 e. The minimum Gasteiger partial charge on any atom is -0.507 e. The van der Waals surface area contributed by atoms with Gasteiger partial charge in [0.2, 0.25) is 5.91 Å². The Hall–Kier alpha value is -2.14. The topological polar surface area (TPSA) is 96.3 Å². The van der Waals surface area contributed by atoms with Crippen LogP contribution in [-0.4, -0.2) is 58.5 Å². The van der Waals surface area contributed by atoms with E-state index in [4.69, 9.17) is 9.16 Å². The second kappa shape index (κ2) is 15.2. The van der Waals surface area contributed by atoms with Crippen LogP contribution in [0.4, 0.5) is 0 Å². The smallest absolute Gasteiger partial charge is 0.353 e. The van der Waals surface area contributed by atoms with Gasteiger partial charge in [-0.05, 0) is 88.2 Å². The number of benzene rings is 1. The van der Waals surface area contributed by atoms with Crippen LogP contribution in [0.15, 0.2) is 46.5 Å². The number of aliphatic carboxylic acids is 1. The highest BCUT2D eigenvalue weighted by Crippen LogP contribution is 2.53. The molecular weight excluding hydrogens is 647 g/mol. The highest BCUT2D eigenvalue weighted by molar-refractivity contribution is 8.06. The lowest BCUT2D eigenvalue weighted by Gasteiger charge is -2.48. The van der Waals surface area contributed by atoms with Crippen molar-refractivity contribution in [2.24, 2.45) is 11.8 Å². The van der Waals surface area contributed by atoms with Crippen LogP contribution in [0, 0.1) is 11.8 Å². The van der Waals surface area contributed by atoms with Crippen LogP contribution >= 0.6 is 23.5 Å². The van der Waals surface area contributed by atoms with Gasteiger partial charge in [-0.3, -0.25) is 9.69 Å². The summed E-state index contributed by atoms with van der Waals surface area (Å²) in [6, 6.07) is 3.97. The number of carbonyl (C=O) groups is 2. The number of fused-ring (bicyclic) bond motifs is 1. The number of hydrogen-bond acceptors (Lipinski definition) is 7. The van der Waals surface area contributed by atoms with Gasteiger partial charge in [-0.15, -0.1) is 23.5 Å². The maximum absolute atomic E-state index is 13.3. The summed E-state index contributed by atoms with van der Waals surface area (Å²) >= 11 is 2.95. The predicted molar refractivity (Wildman–Crippen MR) is 197 cm³/mol. The van der Waals surface area contributed by atoms with E-state index in [1.165, 1.54) is 34.0 Å². The van der Waals surface area contributed by atoms with Crippen molar-refractivity contribution in [2.75, 3.05) is 11.7 Å². The highest BCUT2D eigenvalue weighted by atomic mass is 32.2. The third-order valence-electron chi connectivity index (χ3n) is 10.3. The molecule has 10 heteroatoms. The Morgan fingerprint density at radius 2 is 1.96 bits per heavy atom. The molecule has 1 saturated heterocycles. The molecule has 7 nitrogen and oxygen atoms in total. The van der Waals surface area contributed by atoms with E-state index in [1.54, 1.807) is 0 Å². The number of phenols is 1. The van der Waals surface area contributed by atoms with E-state index in [1.807, 2.05) is 13.0 Å². The molecule has 47 heavy (non-hydrogen) atoms. The summed E-state index contributed by atoms with van der Waals surface area (Å²) in [5, 5.41) is 21.3. The molecule has 1 amide bonds. The number of hydrogen-bond donors (Lipinski definition) is 2. The number of thioether (sulfide) groups is 2. The summed E-state index contributed by atoms with van der Waals surface area (Å²) in [6.45, 7) is 23.5. The molecule has 0 radical (unpaired) electrons. The van der Waals surface area contributed by atoms with Crippen molar-refractivity contribution in [1.82, 2.24) is 4.90 Å². The Morgan fingerprint density at radius 3 is 2.57 bits per heavy atom. The van der Waals surface area contributed by atoms with Gasteiger partial charge in [0.15, 0.2) is 8.32 Å². The minimum atomic E-state index is -2.11. The minimum absolute atomic E-state index is 0.00599. The number of β-lactam (4-membered cyclic amide) rings is 1. The van der Waals surface area contributed by atoms with Crippen molar-refractivity contribution < 1.29 is 29.0 Å². The number of nitrogens with zero attached hydrogens (tertiary/aromatic N) is 1. The molecule has 0 spiro atoms. The molecule has 1 aromatic carbocycles. The summed E-state index contributed by atoms with van der Waals surface area (Å²) < 4.78 is 13.0. The van der Waals surface area contributed by atoms with E-state index in [9.17, 15) is 19.8 Å². The van der Waals surface area contributed by atoms with Crippen LogP contribution in [0.3, 0.4) is 0 Å². The van der Waals surface area contributed by atoms with Crippen LogP contribution < -0.4 is 4.74 Å². The van der Waals surface area contributed by atoms with Gasteiger partial charge in [0.05, 0.1) is 12.0 Å². The molecule has 3 aliphatic rings. The molecule has 0 bridgehead atoms. The fourth-order valence-electron chi connectivity index (χ4n) is 6.65. The van der Waals surface area contributed by atoms with E-state index in [-0.39, 0.29) is 57.6 Å². The number of amides is 1. The molecule has 1 aromatic rings. The quantitative estimate of drug-likeness (QED) is 0.0614. The number of carboxylic acid groups (broad SMARTS) is 1. The van der Waals surface area contributed by atoms with Crippen LogP contribution in [0.5, 0.6) is 11.5 Å². The number of ether oxygens (including phenoxy) is 1. The molecular formula is C37H55NO6S2Si. The largest absolute Gasteiger partial charge is 0.507 e. The van der Waals surface area contributed by atoms with E-state index < -0.39 is 14.3 Å². The van der Waals surface area contributed by atoms with Crippen LogP contribution in [0.1, 0.15) is 97.6 Å². The molecule has 2 N–H and O–H groups in total. The van der Waals surface area contributed by atoms with Gasteiger partial charge in [-0.2, -0.15) is 0 Å². The standard InChI is InChI=1S/C37H55NO6S2Si/c1-11-12-13-14-25-18-28(39)32(27-17-23(4)15-16-26(27)22(2)3)29(19-25)43-21-45-20-30-33(36(41)42)38-34(40)31(35(38)46-30)24(5)44-47(9,10)37(6,7)8/h17-19,24,26-27,31,35,39H,2,11-16,20-21H2,1,3-10H3,(H,41,42)/t24-,26+,27-,31+,35-/m1/s1. The number of phenolic OH excluding ortho intramolecular Hbond substituents is 1. The SMILES string of the molecule is C=C(C)[C@@H]1CCC(C)=C[C@H]1c1c(O)cc(CCCCC)cc1OCSCC1=C(C(=O)O)N2C(=O)[C@H]([C@@H](C)O[Si](C)(C)C(C)(C)C)[C@H]2S1. The lowest BCUT2D eigenvalue weighted by molar-refractivity contribution is -0.156. The summed E-state index contributed by atoms with van der Waals surface area (Å²) in [5.74, 6) is 0.161. The Kier molecular flexibility index (Phi) is 12.2. The number of carboxylic acids is 1. The number of aromatic hydroxyl groups is 1. The summed E-state index contributed by atoms with van der Waals surface area (Å²) in [5.41, 5.74) is 4.32. The van der Waals surface area contributed by atoms with Gasteiger partial charge in [0, 0.05) is 22.1 Å². The fourth-order valence-corrected chi connectivity index (χ4v) is 10.6. The Balaban J connectivity index is 1.50. The van der Waals surface area contributed by atoms with Gasteiger partial charge in [-0.25, -0.2) is 4.79 Å². The molecule has 2 aliphatic heterocycles. The van der Waals surface area contributed by atoms with Crippen LogP contribution in [-0.2, 0) is 20.4 Å². The van der Waals surface area contributed by atoms with Crippen molar-refractivity contribution >= 4 is 43.7 Å². The number of rotatable bonds is 15. The van der Waals surface area contributed by atoms with Gasteiger partial charge in [-0.1, -0.05) is 64.3 Å². The molecule has 1 aliphatic carbocycles. The lowest BCUT2D eigenvalue weighted by Crippen LogP contribution is -2.62. The Bertz CT molecular complexity index is 1430. The number of carbonyl (C=O) groups excluding carboxylic acids is 1. The first-order valence-electron chi connectivity index (χ1n) is 17.0. The van der Waals surface area contributed by atoms with Crippen LogP contribution in [0.2, 0.25) is 18.1 Å². The van der Waals surface area contributed by atoms with E-state index in [0.29, 0.717) is 16.4 Å². The molecule has 1 fully saturated rings. The predicted octanol–water partition coefficient (Wildman–Crippen LogP) is 9.45. The lowest BCUT2D eigenvalue weighted by atomic mass is 9.73. The first-order valence-corrected chi connectivity index (χ1v) is 22.0. The molecule has 5 atom stereocenters. The summed E-state index contributed by atoms with van der Waals surface area (Å²) in [7, 11) is -2.11. The van der Waals surface area contributed by atoms with Gasteiger partial charge in [0.25, 0.3) is 0 Å². The number of aryl methyl sites for hydroxylation is 1. The number of unbranched alkanes of at least 4 members (excludes halogenated alkanes) is 2. The fraction of sp³-hybridized carbons (Fsp3) is 0.622. The Morgan fingerprint density at radius 1 is 1.26 bits per heavy atom. The average molecular weight is 702 g/mol. The molecule has 4 rings (SSSR count). The van der Waals surface area contributed by atoms with Crippen molar-refractivity contribution in [3.05, 3.63) is 57.7 Å². The van der Waals surface area contributed by atoms with Crippen molar-refractivity contribution in [2.45, 2.75) is 123 Å². The van der Waals surface area contributed by atoms with Crippen LogP contribution in [0.25, 0.3) is 0 Å². The van der Waals surface area contributed by atoms with E-state index in [2.05, 4.69) is 73.4 Å². The third-order valence-corrected chi connectivity index (χ3v) is 17.2. The second-order valence-corrected chi connectivity index (χ2v) is 21.9. The first-order chi connectivity index (χ1) is 22.0. The second-order valence-electron chi connectivity index (χ2n) is 15.0. The summed E-state index contributed by atoms with van der Waals surface area (Å²) in [4.78, 5) is 27.8. The number of allylic oxidation sites excluding steroid dienone is 3. The first kappa shape index (κ1) is 37.7.